The van der Waals surface area contributed by atoms with E-state index in [1.54, 1.807) is 35.4 Å². The Kier molecular flexibility index (Phi) is 5.01. The number of rotatable bonds is 3. The molecule has 23 heavy (non-hydrogen) atoms. The molecule has 1 aromatic carbocycles. The lowest BCUT2D eigenvalue weighted by atomic mass is 9.75. The second-order valence-corrected chi connectivity index (χ2v) is 6.80. The van der Waals surface area contributed by atoms with Gasteiger partial charge in [-0.05, 0) is 48.4 Å². The van der Waals surface area contributed by atoms with Gasteiger partial charge in [0.15, 0.2) is 0 Å². The fourth-order valence-corrected chi connectivity index (χ4v) is 3.90. The van der Waals surface area contributed by atoms with E-state index in [9.17, 15) is 9.90 Å². The van der Waals surface area contributed by atoms with Crippen LogP contribution in [0.4, 0.5) is 0 Å². The number of benzene rings is 1. The van der Waals surface area contributed by atoms with Crippen molar-refractivity contribution in [3.63, 3.8) is 0 Å². The van der Waals surface area contributed by atoms with Gasteiger partial charge in [-0.15, -0.1) is 0 Å². The highest BCUT2D eigenvalue weighted by Crippen LogP contribution is 2.36. The van der Waals surface area contributed by atoms with Crippen molar-refractivity contribution in [3.8, 4) is 5.75 Å². The van der Waals surface area contributed by atoms with E-state index in [-0.39, 0.29) is 11.7 Å². The predicted molar refractivity (Wildman–Crippen MR) is 91.5 cm³/mol. The first-order valence-corrected chi connectivity index (χ1v) is 8.63. The zero-order valence-electron chi connectivity index (χ0n) is 13.8. The van der Waals surface area contributed by atoms with Crippen LogP contribution in [0.2, 0.25) is 0 Å². The van der Waals surface area contributed by atoms with Crippen molar-refractivity contribution in [1.82, 2.24) is 10.0 Å². The monoisotopic (exact) mass is 314 g/mol. The van der Waals surface area contributed by atoms with E-state index < -0.39 is 0 Å². The minimum atomic E-state index is -0.0115. The Morgan fingerprint density at radius 2 is 2.04 bits per heavy atom. The third-order valence-corrected chi connectivity index (χ3v) is 5.30. The van der Waals surface area contributed by atoms with Crippen LogP contribution in [0, 0.1) is 11.8 Å². The molecule has 1 aromatic rings. The third kappa shape index (κ3) is 3.94. The number of hydrazine groups is 1. The van der Waals surface area contributed by atoms with Crippen LogP contribution in [-0.2, 0) is 4.79 Å². The molecule has 1 amide bonds. The van der Waals surface area contributed by atoms with Crippen LogP contribution in [0.15, 0.2) is 30.3 Å². The molecule has 2 aliphatic rings. The quantitative estimate of drug-likeness (QED) is 0.871. The lowest BCUT2D eigenvalue weighted by molar-refractivity contribution is -0.145. The molecule has 1 heterocycles. The van der Waals surface area contributed by atoms with E-state index in [2.05, 4.69) is 5.01 Å². The smallest absolute Gasteiger partial charge is 0.260 e. The number of phenolic OH excluding ortho intramolecular Hbond substituents is 1. The number of hydrogen-bond acceptors (Lipinski definition) is 3. The van der Waals surface area contributed by atoms with Gasteiger partial charge >= 0.3 is 0 Å². The van der Waals surface area contributed by atoms with Crippen LogP contribution in [0.1, 0.15) is 37.7 Å². The minimum absolute atomic E-state index is 0.0115. The Bertz CT molecular complexity index is 584. The fourth-order valence-electron chi connectivity index (χ4n) is 3.90. The van der Waals surface area contributed by atoms with Gasteiger partial charge in [0.2, 0.25) is 0 Å². The van der Waals surface area contributed by atoms with Crippen LogP contribution in [0.3, 0.4) is 0 Å². The van der Waals surface area contributed by atoms with Gasteiger partial charge in [0, 0.05) is 26.2 Å². The topological polar surface area (TPSA) is 43.8 Å². The summed E-state index contributed by atoms with van der Waals surface area (Å²) in [5.74, 6) is 1.82. The SMILES string of the molecule is CN(C(=O)/C=C/c1cccc(O)c1)N1CCC2CCCCC2C1. The Morgan fingerprint density at radius 3 is 2.83 bits per heavy atom. The second-order valence-electron chi connectivity index (χ2n) is 6.80. The highest BCUT2D eigenvalue weighted by molar-refractivity contribution is 5.91. The largest absolute Gasteiger partial charge is 0.508 e. The van der Waals surface area contributed by atoms with Crippen molar-refractivity contribution in [2.45, 2.75) is 32.1 Å². The van der Waals surface area contributed by atoms with Gasteiger partial charge < -0.3 is 5.11 Å². The summed E-state index contributed by atoms with van der Waals surface area (Å²) in [5, 5.41) is 13.4. The standard InChI is InChI=1S/C19H26N2O2/c1-20(19(23)10-9-15-5-4-8-18(22)13-15)21-12-11-16-6-2-3-7-17(16)14-21/h4-5,8-10,13,16-17,22H,2-3,6-7,11-12,14H2,1H3/b10-9+. The molecule has 3 rings (SSSR count). The Morgan fingerprint density at radius 1 is 1.26 bits per heavy atom. The van der Waals surface area contributed by atoms with Crippen molar-refractivity contribution < 1.29 is 9.90 Å². The average molecular weight is 314 g/mol. The zero-order chi connectivity index (χ0) is 16.2. The van der Waals surface area contributed by atoms with Gasteiger partial charge in [-0.1, -0.05) is 31.4 Å². The van der Waals surface area contributed by atoms with Gasteiger partial charge in [0.1, 0.15) is 5.75 Å². The number of hydrogen-bond donors (Lipinski definition) is 1. The molecule has 1 N–H and O–H groups in total. The van der Waals surface area contributed by atoms with E-state index in [4.69, 9.17) is 0 Å². The third-order valence-electron chi connectivity index (χ3n) is 5.30. The normalized spacial score (nSPS) is 25.3. The molecule has 1 aliphatic heterocycles. The summed E-state index contributed by atoms with van der Waals surface area (Å²) in [5.41, 5.74) is 0.831. The van der Waals surface area contributed by atoms with Crippen molar-refractivity contribution >= 4 is 12.0 Å². The second kappa shape index (κ2) is 7.18. The lowest BCUT2D eigenvalue weighted by Crippen LogP contribution is -2.51. The van der Waals surface area contributed by atoms with E-state index >= 15 is 0 Å². The number of aromatic hydroxyl groups is 1. The summed E-state index contributed by atoms with van der Waals surface area (Å²) < 4.78 is 0. The Labute approximate surface area is 138 Å². The summed E-state index contributed by atoms with van der Waals surface area (Å²) in [6, 6.07) is 6.92. The van der Waals surface area contributed by atoms with Crippen LogP contribution in [0.25, 0.3) is 6.08 Å². The number of phenols is 1. The molecule has 0 radical (unpaired) electrons. The van der Waals surface area contributed by atoms with E-state index in [0.29, 0.717) is 0 Å². The molecule has 1 saturated carbocycles. The van der Waals surface area contributed by atoms with Crippen molar-refractivity contribution in [2.24, 2.45) is 11.8 Å². The molecule has 1 saturated heterocycles. The first-order chi connectivity index (χ1) is 11.1. The number of carbonyl (C=O) groups is 1. The summed E-state index contributed by atoms with van der Waals surface area (Å²) >= 11 is 0. The van der Waals surface area contributed by atoms with Gasteiger partial charge in [-0.3, -0.25) is 9.80 Å². The molecule has 1 aliphatic carbocycles. The predicted octanol–water partition coefficient (Wildman–Crippen LogP) is 3.29. The molecule has 0 spiro atoms. The number of amides is 1. The maximum absolute atomic E-state index is 12.4. The van der Waals surface area contributed by atoms with Gasteiger partial charge in [-0.2, -0.15) is 0 Å². The maximum atomic E-state index is 12.4. The molecule has 2 atom stereocenters. The zero-order valence-corrected chi connectivity index (χ0v) is 13.8. The molecule has 0 aromatic heterocycles. The number of piperidine rings is 1. The first-order valence-electron chi connectivity index (χ1n) is 8.63. The number of carbonyl (C=O) groups excluding carboxylic acids is 1. The average Bonchev–Trinajstić information content (AvgIpc) is 2.58. The number of likely N-dealkylation sites (N-methyl/N-ethyl adjacent to an activating group) is 1. The highest BCUT2D eigenvalue weighted by Gasteiger charge is 2.33. The van der Waals surface area contributed by atoms with E-state index in [1.165, 1.54) is 32.1 Å². The van der Waals surface area contributed by atoms with Crippen molar-refractivity contribution in [2.75, 3.05) is 20.1 Å². The molecule has 0 bridgehead atoms. The molecule has 4 heteroatoms. The van der Waals surface area contributed by atoms with Crippen LogP contribution in [-0.4, -0.2) is 41.2 Å². The van der Waals surface area contributed by atoms with Crippen molar-refractivity contribution in [3.05, 3.63) is 35.9 Å². The number of nitrogens with zero attached hydrogens (tertiary/aromatic N) is 2. The maximum Gasteiger partial charge on any atom is 0.260 e. The summed E-state index contributed by atoms with van der Waals surface area (Å²) in [6.45, 7) is 1.98. The summed E-state index contributed by atoms with van der Waals surface area (Å²) in [4.78, 5) is 12.4. The first kappa shape index (κ1) is 16.1. The fraction of sp³-hybridized carbons (Fsp3) is 0.526. The lowest BCUT2D eigenvalue weighted by Gasteiger charge is -2.44. The summed E-state index contributed by atoms with van der Waals surface area (Å²) in [6.07, 6.45) is 9.94. The van der Waals surface area contributed by atoms with Crippen LogP contribution in [0.5, 0.6) is 5.75 Å². The van der Waals surface area contributed by atoms with Crippen molar-refractivity contribution in [1.29, 1.82) is 0 Å². The van der Waals surface area contributed by atoms with Crippen LogP contribution < -0.4 is 0 Å². The van der Waals surface area contributed by atoms with E-state index in [1.807, 2.05) is 13.1 Å². The molecular formula is C19H26N2O2. The van der Waals surface area contributed by atoms with E-state index in [0.717, 1.165) is 30.5 Å². The molecule has 124 valence electrons. The van der Waals surface area contributed by atoms with Crippen LogP contribution >= 0.6 is 0 Å². The summed E-state index contributed by atoms with van der Waals surface area (Å²) in [7, 11) is 1.86. The molecule has 2 fully saturated rings. The van der Waals surface area contributed by atoms with Gasteiger partial charge in [0.05, 0.1) is 0 Å². The molecule has 4 nitrogen and oxygen atoms in total. The number of fused-ring (bicyclic) bond motifs is 1. The minimum Gasteiger partial charge on any atom is -0.508 e. The Hall–Kier alpha value is -1.81. The molecule has 2 unspecified atom stereocenters. The molecular weight excluding hydrogens is 288 g/mol. The van der Waals surface area contributed by atoms with Gasteiger partial charge in [-0.25, -0.2) is 5.01 Å². The highest BCUT2D eigenvalue weighted by atomic mass is 16.3. The Balaban J connectivity index is 1.59. The van der Waals surface area contributed by atoms with Gasteiger partial charge in [0.25, 0.3) is 5.91 Å².